The highest BCUT2D eigenvalue weighted by molar-refractivity contribution is 7.86. The van der Waals surface area contributed by atoms with Crippen LogP contribution in [0.5, 0.6) is 0 Å². The maximum atomic E-state index is 10.7. The standard InChI is InChI=1S/C3H9NO2S.C3H9O4P.C2H7NO2S.C2H6O4S.2C2H6O3S.C2H6O2S/c1-4(2)7(5)6-3;1-5-8(4,6-2)7-3;1-3-6(4)5-2;1-5-7(3,4)6-2;1-5-6(2,3)4;1-4-6(3)5-2;1-4-5(2)3/h1-3H3;1-3H3;3H,1-2H3;1-2H3;2*1-2H3;1-2H3. The highest BCUT2D eigenvalue weighted by Gasteiger charge is 2.18. The third kappa shape index (κ3) is 67.3. The molecular weight excluding hydrogens is 764 g/mol. The first-order valence-electron chi connectivity index (χ1n) is 10.5. The van der Waals surface area contributed by atoms with Gasteiger partial charge in [-0.05, 0) is 7.05 Å². The Morgan fingerprint density at radius 1 is 0.622 bits per heavy atom. The number of phosphoric ester groups is 1. The van der Waals surface area contributed by atoms with Crippen molar-refractivity contribution in [3.8, 4) is 0 Å². The summed E-state index contributed by atoms with van der Waals surface area (Å²) in [5.74, 6) is 0. The predicted molar refractivity (Wildman–Crippen MR) is 170 cm³/mol. The number of hydrogen-bond acceptors (Lipinski definition) is 20. The average molecular weight is 813 g/mol. The largest absolute Gasteiger partial charge is 0.473 e. The minimum absolute atomic E-state index is 0.993. The molecule has 0 aliphatic carbocycles. The molecular formula is C16H49N2O20PS6. The van der Waals surface area contributed by atoms with Crippen molar-refractivity contribution in [1.82, 2.24) is 9.03 Å². The fourth-order valence-corrected chi connectivity index (χ4v) is 1.78. The van der Waals surface area contributed by atoms with Crippen LogP contribution in [0, 0.1) is 0 Å². The highest BCUT2D eigenvalue weighted by atomic mass is 32.3. The van der Waals surface area contributed by atoms with E-state index in [0.717, 1.165) is 27.6 Å². The van der Waals surface area contributed by atoms with Crippen molar-refractivity contribution in [3.05, 3.63) is 0 Å². The Morgan fingerprint density at radius 2 is 0.933 bits per heavy atom. The van der Waals surface area contributed by atoms with Gasteiger partial charge in [0.2, 0.25) is 22.5 Å². The molecule has 0 fully saturated rings. The van der Waals surface area contributed by atoms with Crippen molar-refractivity contribution in [2.75, 3.05) is 112 Å². The molecule has 3 unspecified atom stereocenters. The van der Waals surface area contributed by atoms with Gasteiger partial charge >= 0.3 is 29.6 Å². The van der Waals surface area contributed by atoms with Crippen molar-refractivity contribution < 1.29 is 85.3 Å². The lowest BCUT2D eigenvalue weighted by atomic mass is 11.3. The first kappa shape index (κ1) is 60.5. The summed E-state index contributed by atoms with van der Waals surface area (Å²) in [6.07, 6.45) is 2.47. The fourth-order valence-electron chi connectivity index (χ4n) is 0.592. The van der Waals surface area contributed by atoms with E-state index >= 15 is 0 Å². The van der Waals surface area contributed by atoms with Gasteiger partial charge in [0.05, 0.1) is 63.1 Å². The topological polar surface area (TPSA) is 270 Å². The zero-order valence-corrected chi connectivity index (χ0v) is 33.8. The summed E-state index contributed by atoms with van der Waals surface area (Å²) in [4.78, 5) is 0. The SMILES string of the molecule is CNS(=O)OC.COP(=O)(OC)OC.COS(=O)(=O)OC.COS(=O)N(C)C.COS(=O)OC.COS(C)(=O)=O.COS(C)=O. The molecule has 0 heterocycles. The van der Waals surface area contributed by atoms with Crippen LogP contribution in [0.25, 0.3) is 0 Å². The van der Waals surface area contributed by atoms with E-state index in [1.165, 1.54) is 67.4 Å². The van der Waals surface area contributed by atoms with Gasteiger partial charge in [0, 0.05) is 41.7 Å². The summed E-state index contributed by atoms with van der Waals surface area (Å²) in [6, 6.07) is 0. The van der Waals surface area contributed by atoms with Crippen LogP contribution in [0.15, 0.2) is 0 Å². The van der Waals surface area contributed by atoms with Crippen molar-refractivity contribution in [1.29, 1.82) is 0 Å². The zero-order valence-electron chi connectivity index (χ0n) is 28.0. The van der Waals surface area contributed by atoms with Crippen LogP contribution >= 0.6 is 7.82 Å². The number of nitrogens with one attached hydrogen (secondary N) is 1. The normalized spacial score (nSPS) is 12.7. The number of nitrogens with zero attached hydrogens (tertiary/aromatic N) is 1. The van der Waals surface area contributed by atoms with E-state index in [9.17, 15) is 38.2 Å². The van der Waals surface area contributed by atoms with E-state index in [1.54, 1.807) is 21.1 Å². The van der Waals surface area contributed by atoms with Gasteiger partial charge < -0.3 is 0 Å². The van der Waals surface area contributed by atoms with Crippen molar-refractivity contribution in [2.24, 2.45) is 0 Å². The molecule has 0 aromatic heterocycles. The van der Waals surface area contributed by atoms with Crippen LogP contribution in [-0.4, -0.2) is 150 Å². The van der Waals surface area contributed by atoms with Crippen LogP contribution in [0.2, 0.25) is 0 Å². The van der Waals surface area contributed by atoms with Gasteiger partial charge in [-0.2, -0.15) is 21.0 Å². The molecule has 29 heteroatoms. The van der Waals surface area contributed by atoms with Gasteiger partial charge in [0.1, 0.15) is 0 Å². The van der Waals surface area contributed by atoms with Crippen molar-refractivity contribution in [2.45, 2.75) is 0 Å². The molecule has 0 aliphatic rings. The smallest absolute Gasteiger partial charge is 0.294 e. The second kappa shape index (κ2) is 40.4. The van der Waals surface area contributed by atoms with E-state index in [1.807, 2.05) is 0 Å². The van der Waals surface area contributed by atoms with E-state index in [2.05, 4.69) is 51.8 Å². The second-order valence-electron chi connectivity index (χ2n) is 5.51. The summed E-state index contributed by atoms with van der Waals surface area (Å²) in [6.45, 7) is 0. The molecule has 0 aromatic rings. The Hall–Kier alpha value is 0.210. The zero-order chi connectivity index (χ0) is 37.9. The summed E-state index contributed by atoms with van der Waals surface area (Å²) in [5, 5.41) is 0. The molecule has 0 saturated heterocycles. The predicted octanol–water partition coefficient (Wildman–Crippen LogP) is -0.862. The van der Waals surface area contributed by atoms with E-state index in [4.69, 9.17) is 0 Å². The Kier molecular flexibility index (Phi) is 54.3. The minimum atomic E-state index is -3.66. The molecule has 0 aliphatic heterocycles. The summed E-state index contributed by atoms with van der Waals surface area (Å²) >= 11 is -5.14. The number of hydrogen-bond donors (Lipinski definition) is 1. The van der Waals surface area contributed by atoms with Crippen LogP contribution in [0.1, 0.15) is 0 Å². The number of rotatable bonds is 13. The highest BCUT2D eigenvalue weighted by Crippen LogP contribution is 2.46. The van der Waals surface area contributed by atoms with E-state index in [0.29, 0.717) is 0 Å². The molecule has 3 atom stereocenters. The first-order chi connectivity index (χ1) is 20.4. The van der Waals surface area contributed by atoms with Crippen LogP contribution < -0.4 is 4.72 Å². The monoisotopic (exact) mass is 812 g/mol. The molecule has 284 valence electrons. The average Bonchev–Trinajstić information content (AvgIpc) is 3.04. The molecule has 0 radical (unpaired) electrons. The van der Waals surface area contributed by atoms with Gasteiger partial charge in [-0.25, -0.2) is 26.2 Å². The lowest BCUT2D eigenvalue weighted by molar-refractivity contribution is 0.178. The molecule has 0 bridgehead atoms. The van der Waals surface area contributed by atoms with E-state index in [-0.39, 0.29) is 0 Å². The van der Waals surface area contributed by atoms with Crippen LogP contribution in [-0.2, 0) is 117 Å². The molecule has 0 spiro atoms. The maximum absolute atomic E-state index is 10.7. The fraction of sp³-hybridized carbons (Fsp3) is 1.00. The van der Waals surface area contributed by atoms with Gasteiger partial charge in [-0.3, -0.25) is 47.0 Å². The maximum Gasteiger partial charge on any atom is 0.473 e. The summed E-state index contributed by atoms with van der Waals surface area (Å²) in [7, 11) is 8.66. The molecule has 0 rings (SSSR count). The van der Waals surface area contributed by atoms with Crippen LogP contribution in [0.3, 0.4) is 0 Å². The third-order valence-electron chi connectivity index (χ3n) is 2.65. The summed E-state index contributed by atoms with van der Waals surface area (Å²) < 4.78 is 140. The quantitative estimate of drug-likeness (QED) is 0.175. The first-order valence-corrected chi connectivity index (χ1v) is 19.7. The molecule has 1 N–H and O–H groups in total. The molecule has 0 amide bonds. The van der Waals surface area contributed by atoms with Crippen molar-refractivity contribution in [3.63, 3.8) is 0 Å². The number of phosphoric acid groups is 1. The lowest BCUT2D eigenvalue weighted by Crippen LogP contribution is -2.15. The third-order valence-corrected chi connectivity index (χ3v) is 7.94. The van der Waals surface area contributed by atoms with E-state index < -0.39 is 73.3 Å². The van der Waals surface area contributed by atoms with Crippen molar-refractivity contribution >= 4 is 73.3 Å². The van der Waals surface area contributed by atoms with Crippen LogP contribution in [0.4, 0.5) is 0 Å². The second-order valence-corrected chi connectivity index (χ2v) is 15.6. The molecule has 0 aromatic carbocycles. The van der Waals surface area contributed by atoms with Gasteiger partial charge in [-0.15, -0.1) is 0 Å². The lowest BCUT2D eigenvalue weighted by Gasteiger charge is -2.08. The van der Waals surface area contributed by atoms with Gasteiger partial charge in [0.25, 0.3) is 10.1 Å². The Labute approximate surface area is 278 Å². The summed E-state index contributed by atoms with van der Waals surface area (Å²) in [5.41, 5.74) is 0. The Bertz CT molecular complexity index is 942. The molecule has 45 heavy (non-hydrogen) atoms. The Balaban J connectivity index is -0.0000000752. The Morgan fingerprint density at radius 3 is 0.933 bits per heavy atom. The molecule has 22 nitrogen and oxygen atoms in total. The minimum Gasteiger partial charge on any atom is -0.294 e. The molecule has 0 saturated carbocycles. The van der Waals surface area contributed by atoms with Gasteiger partial charge in [0.15, 0.2) is 11.1 Å². The van der Waals surface area contributed by atoms with Gasteiger partial charge in [-0.1, -0.05) is 0 Å².